The fourth-order valence-electron chi connectivity index (χ4n) is 1.91. The molecule has 1 heterocycles. The van der Waals surface area contributed by atoms with Gasteiger partial charge in [0.2, 0.25) is 0 Å². The Hall–Kier alpha value is -2.28. The van der Waals surface area contributed by atoms with E-state index >= 15 is 0 Å². The molecule has 1 aromatic carbocycles. The second-order valence-electron chi connectivity index (χ2n) is 4.45. The third-order valence-corrected chi connectivity index (χ3v) is 3.27. The minimum Gasteiger partial charge on any atom is -0.465 e. The highest BCUT2D eigenvalue weighted by Crippen LogP contribution is 2.29. The molecule has 0 saturated heterocycles. The molecule has 8 heteroatoms. The van der Waals surface area contributed by atoms with Crippen LogP contribution in [0.25, 0.3) is 0 Å². The van der Waals surface area contributed by atoms with E-state index in [9.17, 15) is 4.79 Å². The maximum atomic E-state index is 11.8. The first-order valence-corrected chi connectivity index (χ1v) is 6.64. The molecule has 0 unspecified atom stereocenters. The van der Waals surface area contributed by atoms with E-state index in [1.807, 2.05) is 11.6 Å². The molecule has 0 bridgehead atoms. The predicted molar refractivity (Wildman–Crippen MR) is 80.4 cm³/mol. The number of aryl methyl sites for hydroxylation is 1. The van der Waals surface area contributed by atoms with Gasteiger partial charge in [-0.2, -0.15) is 0 Å². The first-order valence-electron chi connectivity index (χ1n) is 6.27. The van der Waals surface area contributed by atoms with E-state index in [-0.39, 0.29) is 0 Å². The lowest BCUT2D eigenvalue weighted by molar-refractivity contribution is 0.0602. The number of ether oxygens (including phenoxy) is 1. The molecule has 0 aliphatic carbocycles. The molecular formula is C13H16ClN5O2. The van der Waals surface area contributed by atoms with Crippen molar-refractivity contribution in [2.75, 3.05) is 24.7 Å². The van der Waals surface area contributed by atoms with Crippen LogP contribution in [-0.4, -0.2) is 34.4 Å². The smallest absolute Gasteiger partial charge is 0.340 e. The molecule has 7 nitrogen and oxygen atoms in total. The van der Waals surface area contributed by atoms with Crippen LogP contribution in [0.4, 0.5) is 11.4 Å². The number of halogens is 1. The molecule has 0 aliphatic rings. The summed E-state index contributed by atoms with van der Waals surface area (Å²) >= 11 is 6.14. The second kappa shape index (κ2) is 6.45. The third-order valence-electron chi connectivity index (χ3n) is 2.97. The average Bonchev–Trinajstić information content (AvgIpc) is 2.85. The Morgan fingerprint density at radius 2 is 2.29 bits per heavy atom. The molecule has 2 rings (SSSR count). The minimum atomic E-state index is -0.495. The van der Waals surface area contributed by atoms with Crippen LogP contribution in [0, 0.1) is 0 Å². The highest BCUT2D eigenvalue weighted by molar-refractivity contribution is 6.34. The number of aromatic nitrogens is 3. The van der Waals surface area contributed by atoms with Gasteiger partial charge in [0.1, 0.15) is 12.2 Å². The van der Waals surface area contributed by atoms with Crippen LogP contribution in [0.15, 0.2) is 18.5 Å². The largest absolute Gasteiger partial charge is 0.465 e. The Balaban J connectivity index is 2.15. The lowest BCUT2D eigenvalue weighted by Gasteiger charge is -2.13. The van der Waals surface area contributed by atoms with E-state index in [1.54, 1.807) is 12.4 Å². The van der Waals surface area contributed by atoms with Gasteiger partial charge < -0.3 is 20.4 Å². The van der Waals surface area contributed by atoms with Crippen LogP contribution < -0.4 is 11.1 Å². The van der Waals surface area contributed by atoms with E-state index < -0.39 is 5.97 Å². The standard InChI is InChI=1S/C13H16ClN5O2/c1-19-7-17-18-11(19)3-4-16-12-9(13(20)21-2)5-8(15)6-10(12)14/h5-7,16H,3-4,15H2,1-2H3. The SMILES string of the molecule is COC(=O)c1cc(N)cc(Cl)c1NCCc1nncn1C. The summed E-state index contributed by atoms with van der Waals surface area (Å²) in [6, 6.07) is 3.11. The van der Waals surface area contributed by atoms with Gasteiger partial charge in [-0.25, -0.2) is 4.79 Å². The maximum Gasteiger partial charge on any atom is 0.340 e. The highest BCUT2D eigenvalue weighted by atomic mass is 35.5. The molecule has 0 saturated carbocycles. The van der Waals surface area contributed by atoms with Gasteiger partial charge in [0.05, 0.1) is 23.4 Å². The summed E-state index contributed by atoms with van der Waals surface area (Å²) in [5, 5.41) is 11.3. The van der Waals surface area contributed by atoms with Crippen molar-refractivity contribution in [3.05, 3.63) is 34.9 Å². The van der Waals surface area contributed by atoms with Crippen LogP contribution in [0.1, 0.15) is 16.2 Å². The van der Waals surface area contributed by atoms with Gasteiger partial charge in [0.25, 0.3) is 0 Å². The van der Waals surface area contributed by atoms with Crippen molar-refractivity contribution in [1.82, 2.24) is 14.8 Å². The monoisotopic (exact) mass is 309 g/mol. The van der Waals surface area contributed by atoms with Crippen LogP contribution in [0.2, 0.25) is 5.02 Å². The number of hydrogen-bond donors (Lipinski definition) is 2. The van der Waals surface area contributed by atoms with Crippen molar-refractivity contribution in [3.63, 3.8) is 0 Å². The zero-order valence-electron chi connectivity index (χ0n) is 11.8. The fourth-order valence-corrected chi connectivity index (χ4v) is 2.21. The Labute approximate surface area is 127 Å². The molecule has 1 aromatic heterocycles. The number of nitrogens with one attached hydrogen (secondary N) is 1. The predicted octanol–water partition coefficient (Wildman–Crippen LogP) is 1.49. The Morgan fingerprint density at radius 3 is 2.90 bits per heavy atom. The lowest BCUT2D eigenvalue weighted by atomic mass is 10.1. The number of anilines is 2. The van der Waals surface area contributed by atoms with E-state index in [0.29, 0.717) is 34.9 Å². The number of methoxy groups -OCH3 is 1. The second-order valence-corrected chi connectivity index (χ2v) is 4.86. The summed E-state index contributed by atoms with van der Waals surface area (Å²) in [4.78, 5) is 11.8. The van der Waals surface area contributed by atoms with E-state index in [0.717, 1.165) is 5.82 Å². The normalized spacial score (nSPS) is 10.4. The summed E-state index contributed by atoms with van der Waals surface area (Å²) in [6.07, 6.45) is 2.27. The molecule has 0 aliphatic heterocycles. The van der Waals surface area contributed by atoms with Gasteiger partial charge in [0, 0.05) is 25.7 Å². The number of nitrogens with two attached hydrogens (primary N) is 1. The molecule has 21 heavy (non-hydrogen) atoms. The van der Waals surface area contributed by atoms with Crippen LogP contribution in [0.5, 0.6) is 0 Å². The topological polar surface area (TPSA) is 95.1 Å². The quantitative estimate of drug-likeness (QED) is 0.642. The summed E-state index contributed by atoms with van der Waals surface area (Å²) < 4.78 is 6.57. The van der Waals surface area contributed by atoms with Crippen LogP contribution >= 0.6 is 11.6 Å². The van der Waals surface area contributed by atoms with Crippen LogP contribution in [0.3, 0.4) is 0 Å². The van der Waals surface area contributed by atoms with Crippen molar-refractivity contribution >= 4 is 28.9 Å². The van der Waals surface area contributed by atoms with Crippen molar-refractivity contribution < 1.29 is 9.53 Å². The number of carbonyl (C=O) groups excluding carboxylic acids is 1. The van der Waals surface area contributed by atoms with Gasteiger partial charge in [-0.05, 0) is 12.1 Å². The number of benzene rings is 1. The van der Waals surface area contributed by atoms with E-state index in [1.165, 1.54) is 13.2 Å². The first kappa shape index (κ1) is 15.1. The minimum absolute atomic E-state index is 0.306. The number of nitrogen functional groups attached to an aromatic ring is 1. The van der Waals surface area contributed by atoms with Gasteiger partial charge in [0.15, 0.2) is 0 Å². The molecule has 2 aromatic rings. The number of hydrogen-bond acceptors (Lipinski definition) is 6. The Morgan fingerprint density at radius 1 is 1.52 bits per heavy atom. The molecule has 0 atom stereocenters. The summed E-state index contributed by atoms with van der Waals surface area (Å²) in [7, 11) is 3.17. The molecular weight excluding hydrogens is 294 g/mol. The van der Waals surface area contributed by atoms with E-state index in [4.69, 9.17) is 22.1 Å². The molecule has 3 N–H and O–H groups in total. The first-order chi connectivity index (χ1) is 10.0. The third kappa shape index (κ3) is 3.43. The van der Waals surface area contributed by atoms with Gasteiger partial charge in [-0.3, -0.25) is 0 Å². The zero-order chi connectivity index (χ0) is 15.4. The summed E-state index contributed by atoms with van der Waals surface area (Å²) in [6.45, 7) is 0.542. The molecule has 0 fully saturated rings. The van der Waals surface area contributed by atoms with Gasteiger partial charge in [-0.15, -0.1) is 10.2 Å². The van der Waals surface area contributed by atoms with Gasteiger partial charge >= 0.3 is 5.97 Å². The molecule has 0 spiro atoms. The van der Waals surface area contributed by atoms with Crippen molar-refractivity contribution in [2.24, 2.45) is 7.05 Å². The number of carbonyl (C=O) groups is 1. The van der Waals surface area contributed by atoms with Crippen molar-refractivity contribution in [2.45, 2.75) is 6.42 Å². The molecule has 0 amide bonds. The Bertz CT molecular complexity index is 656. The van der Waals surface area contributed by atoms with Crippen LogP contribution in [-0.2, 0) is 18.2 Å². The van der Waals surface area contributed by atoms with Crippen molar-refractivity contribution in [3.8, 4) is 0 Å². The highest BCUT2D eigenvalue weighted by Gasteiger charge is 2.16. The lowest BCUT2D eigenvalue weighted by Crippen LogP contribution is -2.13. The summed E-state index contributed by atoms with van der Waals surface area (Å²) in [5.41, 5.74) is 6.91. The average molecular weight is 310 g/mol. The molecule has 0 radical (unpaired) electrons. The van der Waals surface area contributed by atoms with Crippen molar-refractivity contribution in [1.29, 1.82) is 0 Å². The summed E-state index contributed by atoms with van der Waals surface area (Å²) in [5.74, 6) is 0.332. The molecule has 112 valence electrons. The fraction of sp³-hybridized carbons (Fsp3) is 0.308. The maximum absolute atomic E-state index is 11.8. The Kier molecular flexibility index (Phi) is 4.64. The number of rotatable bonds is 5. The van der Waals surface area contributed by atoms with Gasteiger partial charge in [-0.1, -0.05) is 11.6 Å². The number of nitrogens with zero attached hydrogens (tertiary/aromatic N) is 3. The van der Waals surface area contributed by atoms with E-state index in [2.05, 4.69) is 15.5 Å². The number of esters is 1. The zero-order valence-corrected chi connectivity index (χ0v) is 12.5.